The Kier molecular flexibility index (Phi) is 6.12. The van der Waals surface area contributed by atoms with Crippen LogP contribution in [0, 0.1) is 6.07 Å². The Morgan fingerprint density at radius 1 is 1.14 bits per heavy atom. The van der Waals surface area contributed by atoms with Crippen molar-refractivity contribution in [1.82, 2.24) is 0 Å². The van der Waals surface area contributed by atoms with Crippen molar-refractivity contribution in [3.8, 4) is 5.75 Å². The van der Waals surface area contributed by atoms with Crippen molar-refractivity contribution in [2.75, 3.05) is 7.11 Å². The van der Waals surface area contributed by atoms with Crippen LogP contribution in [0.5, 0.6) is 5.75 Å². The average Bonchev–Trinajstić information content (AvgIpc) is 2.17. The molecule has 0 unspecified atom stereocenters. The molecule has 0 heterocycles. The summed E-state index contributed by atoms with van der Waals surface area (Å²) >= 11 is 0. The number of ether oxygens (including phenoxy) is 1. The Bertz CT molecular complexity index is 403. The average molecular weight is 305 g/mol. The van der Waals surface area contributed by atoms with Crippen LogP contribution in [-0.2, 0) is 27.3 Å². The normalized spacial score (nSPS) is 8.64. The first-order valence-corrected chi connectivity index (χ1v) is 3.84. The monoisotopic (exact) mass is 306 g/mol. The van der Waals surface area contributed by atoms with Gasteiger partial charge in [0, 0.05) is 0 Å². The number of hydrogen-bond acceptors (Lipinski definition) is 1. The van der Waals surface area contributed by atoms with Crippen molar-refractivity contribution in [3.63, 3.8) is 0 Å². The third-order valence-corrected chi connectivity index (χ3v) is 1.89. The minimum absolute atomic E-state index is 0. The molecule has 1 nitrogen and oxygen atoms in total. The molecule has 68 valence electrons. The van der Waals surface area contributed by atoms with E-state index < -0.39 is 0 Å². The Morgan fingerprint density at radius 2 is 1.93 bits per heavy atom. The molecule has 0 spiro atoms. The minimum Gasteiger partial charge on any atom is -1.00 e. The predicted molar refractivity (Wildman–Crippen MR) is 49.3 cm³/mol. The summed E-state index contributed by atoms with van der Waals surface area (Å²) in [4.78, 5) is 0. The first-order valence-electron chi connectivity index (χ1n) is 3.84. The van der Waals surface area contributed by atoms with Gasteiger partial charge in [-0.2, -0.15) is 24.3 Å². The topological polar surface area (TPSA) is 9.23 Å². The molecule has 0 radical (unpaired) electrons. The zero-order chi connectivity index (χ0) is 8.39. The van der Waals surface area contributed by atoms with E-state index in [9.17, 15) is 0 Å². The third-order valence-electron chi connectivity index (χ3n) is 1.89. The second-order valence-corrected chi connectivity index (χ2v) is 2.64. The molecule has 0 saturated carbocycles. The van der Waals surface area contributed by atoms with E-state index in [-0.39, 0.29) is 39.7 Å². The molecule has 0 aromatic heterocycles. The zero-order valence-electron chi connectivity index (χ0n) is 7.96. The van der Waals surface area contributed by atoms with Crippen LogP contribution in [0.2, 0.25) is 0 Å². The van der Waals surface area contributed by atoms with E-state index in [1.807, 2.05) is 36.4 Å². The molecule has 14 heavy (non-hydrogen) atoms. The van der Waals surface area contributed by atoms with Gasteiger partial charge in [0.2, 0.25) is 0 Å². The first kappa shape index (κ1) is 13.7. The standard InChI is InChI=1S/C11H9O.Cd.ClH/c1-12-11-7-6-9-4-2-3-5-10(9)8-11;;/h3-8H,1H3;;1H/q-1;+2;/p-1. The van der Waals surface area contributed by atoms with E-state index >= 15 is 0 Å². The van der Waals surface area contributed by atoms with Crippen molar-refractivity contribution in [2.45, 2.75) is 0 Å². The van der Waals surface area contributed by atoms with Gasteiger partial charge in [0.15, 0.2) is 0 Å². The molecular formula is C11H9CdClO. The molecule has 0 aliphatic rings. The largest absolute Gasteiger partial charge is 2.00 e. The number of fused-ring (bicyclic) bond motifs is 1. The number of rotatable bonds is 1. The minimum atomic E-state index is 0. The maximum atomic E-state index is 5.11. The van der Waals surface area contributed by atoms with Crippen molar-refractivity contribution in [1.29, 1.82) is 0 Å². The molecule has 2 rings (SSSR count). The predicted octanol–water partition coefficient (Wildman–Crippen LogP) is -0.350. The summed E-state index contributed by atoms with van der Waals surface area (Å²) in [5, 5.41) is 2.38. The molecule has 0 fully saturated rings. The summed E-state index contributed by atoms with van der Waals surface area (Å²) in [6, 6.07) is 14.9. The molecule has 3 heteroatoms. The first-order chi connectivity index (χ1) is 5.90. The van der Waals surface area contributed by atoms with E-state index in [0.29, 0.717) is 0 Å². The van der Waals surface area contributed by atoms with Crippen LogP contribution < -0.4 is 17.1 Å². The molecule has 0 saturated heterocycles. The Balaban J connectivity index is 0.000000845. The van der Waals surface area contributed by atoms with Crippen LogP contribution in [0.25, 0.3) is 10.8 Å². The van der Waals surface area contributed by atoms with E-state index in [4.69, 9.17) is 4.74 Å². The van der Waals surface area contributed by atoms with Crippen molar-refractivity contribution in [3.05, 3.63) is 42.5 Å². The maximum absolute atomic E-state index is 5.11. The van der Waals surface area contributed by atoms with Gasteiger partial charge in [-0.1, -0.05) is 0 Å². The molecule has 0 aliphatic heterocycles. The zero-order valence-corrected chi connectivity index (χ0v) is 12.7. The summed E-state index contributed by atoms with van der Waals surface area (Å²) in [5.74, 6) is 0.897. The summed E-state index contributed by atoms with van der Waals surface area (Å²) in [6.45, 7) is 0. The van der Waals surface area contributed by atoms with Crippen molar-refractivity contribution in [2.24, 2.45) is 0 Å². The summed E-state index contributed by atoms with van der Waals surface area (Å²) in [6.07, 6.45) is 0. The fraction of sp³-hybridized carbons (Fsp3) is 0.0909. The van der Waals surface area contributed by atoms with Crippen LogP contribution in [0.3, 0.4) is 0 Å². The van der Waals surface area contributed by atoms with Gasteiger partial charge < -0.3 is 17.1 Å². The smallest absolute Gasteiger partial charge is 1.00 e. The number of benzene rings is 2. The van der Waals surface area contributed by atoms with E-state index in [1.54, 1.807) is 7.11 Å². The van der Waals surface area contributed by atoms with Gasteiger partial charge in [-0.25, -0.2) is 0 Å². The van der Waals surface area contributed by atoms with Crippen LogP contribution >= 0.6 is 0 Å². The molecule has 0 N–H and O–H groups in total. The van der Waals surface area contributed by atoms with Gasteiger partial charge in [0.25, 0.3) is 0 Å². The second-order valence-electron chi connectivity index (χ2n) is 2.64. The van der Waals surface area contributed by atoms with Gasteiger partial charge in [-0.15, -0.1) is 16.8 Å². The quantitative estimate of drug-likeness (QED) is 0.517. The van der Waals surface area contributed by atoms with E-state index in [2.05, 4.69) is 6.07 Å². The van der Waals surface area contributed by atoms with Crippen molar-refractivity contribution < 1.29 is 44.4 Å². The van der Waals surface area contributed by atoms with E-state index in [0.717, 1.165) is 5.75 Å². The van der Waals surface area contributed by atoms with Crippen LogP contribution in [0.4, 0.5) is 0 Å². The SMILES string of the molecule is COc1ccc2c[c-]ccc2c1.[Cd+2].[Cl-]. The number of halogens is 1. The third kappa shape index (κ3) is 2.85. The van der Waals surface area contributed by atoms with Gasteiger partial charge >= 0.3 is 27.3 Å². The summed E-state index contributed by atoms with van der Waals surface area (Å²) in [7, 11) is 1.68. The maximum Gasteiger partial charge on any atom is 2.00 e. The van der Waals surface area contributed by atoms with Crippen molar-refractivity contribution >= 4 is 10.8 Å². The number of hydrogen-bond donors (Lipinski definition) is 0. The Morgan fingerprint density at radius 3 is 2.64 bits per heavy atom. The fourth-order valence-corrected chi connectivity index (χ4v) is 1.23. The van der Waals surface area contributed by atoms with Crippen LogP contribution in [0.1, 0.15) is 0 Å². The summed E-state index contributed by atoms with van der Waals surface area (Å²) in [5.41, 5.74) is 0. The van der Waals surface area contributed by atoms with Gasteiger partial charge in [-0.05, 0) is 12.1 Å². The molecule has 0 atom stereocenters. The molecule has 0 aliphatic carbocycles. The number of methoxy groups -OCH3 is 1. The molecule has 0 bridgehead atoms. The Hall–Kier alpha value is -0.288. The second kappa shape index (κ2) is 6.24. The van der Waals surface area contributed by atoms with Crippen LogP contribution in [0.15, 0.2) is 36.4 Å². The van der Waals surface area contributed by atoms with E-state index in [1.165, 1.54) is 10.8 Å². The van der Waals surface area contributed by atoms with Gasteiger partial charge in [0.1, 0.15) is 5.75 Å². The van der Waals surface area contributed by atoms with Gasteiger partial charge in [-0.3, -0.25) is 0 Å². The Labute approximate surface area is 110 Å². The van der Waals surface area contributed by atoms with Gasteiger partial charge in [0.05, 0.1) is 7.11 Å². The molecule has 0 amide bonds. The molecular weight excluding hydrogens is 296 g/mol. The van der Waals surface area contributed by atoms with Crippen LogP contribution in [-0.4, -0.2) is 7.11 Å². The molecule has 2 aromatic rings. The molecule has 2 aromatic carbocycles. The summed E-state index contributed by atoms with van der Waals surface area (Å²) < 4.78 is 5.11. The fourth-order valence-electron chi connectivity index (χ4n) is 1.23.